The van der Waals surface area contributed by atoms with Crippen molar-refractivity contribution in [3.05, 3.63) is 59.9 Å². The molecule has 0 radical (unpaired) electrons. The Morgan fingerprint density at radius 1 is 1.00 bits per heavy atom. The van der Waals surface area contributed by atoms with Gasteiger partial charge >= 0.3 is 0 Å². The molecule has 3 aromatic rings. The third-order valence-corrected chi connectivity index (χ3v) is 3.17. The van der Waals surface area contributed by atoms with Gasteiger partial charge in [-0.2, -0.15) is 4.40 Å². The first-order valence-electron chi connectivity index (χ1n) is 5.56. The molecule has 1 aromatic carbocycles. The standard InChI is InChI=1S/C15H14N.BrH/c1-11-6-7-13-10-16-8-4-3-5-15(16)12(2)14(13)9-11;/h3-10H,1-2H3;1H/q+1;/p-1. The van der Waals surface area contributed by atoms with Crippen LogP contribution in [0.2, 0.25) is 0 Å². The topological polar surface area (TPSA) is 4.10 Å². The minimum Gasteiger partial charge on any atom is -1.00 e. The number of halogens is 1. The van der Waals surface area contributed by atoms with Crippen molar-refractivity contribution in [2.75, 3.05) is 0 Å². The highest BCUT2D eigenvalue weighted by Crippen LogP contribution is 2.20. The Bertz CT molecular complexity index is 689. The Kier molecular flexibility index (Phi) is 3.16. The smallest absolute Gasteiger partial charge is 0.214 e. The zero-order valence-electron chi connectivity index (χ0n) is 9.94. The van der Waals surface area contributed by atoms with Crippen LogP contribution in [0.1, 0.15) is 11.1 Å². The quantitative estimate of drug-likeness (QED) is 0.411. The fourth-order valence-corrected chi connectivity index (χ4v) is 2.28. The van der Waals surface area contributed by atoms with Gasteiger partial charge in [0.05, 0.1) is 0 Å². The van der Waals surface area contributed by atoms with Crippen molar-refractivity contribution >= 4 is 16.3 Å². The van der Waals surface area contributed by atoms with Gasteiger partial charge in [0, 0.05) is 23.1 Å². The summed E-state index contributed by atoms with van der Waals surface area (Å²) in [5, 5.41) is 2.65. The van der Waals surface area contributed by atoms with Crippen LogP contribution in [0.3, 0.4) is 0 Å². The Morgan fingerprint density at radius 2 is 1.82 bits per heavy atom. The average Bonchev–Trinajstić information content (AvgIpc) is 2.31. The fourth-order valence-electron chi connectivity index (χ4n) is 2.28. The molecule has 0 amide bonds. The molecule has 0 atom stereocenters. The molecule has 2 heteroatoms. The van der Waals surface area contributed by atoms with Crippen LogP contribution >= 0.6 is 0 Å². The van der Waals surface area contributed by atoms with Gasteiger partial charge in [-0.3, -0.25) is 0 Å². The maximum absolute atomic E-state index is 2.26. The summed E-state index contributed by atoms with van der Waals surface area (Å²) in [6.45, 7) is 4.33. The van der Waals surface area contributed by atoms with Crippen LogP contribution in [0.5, 0.6) is 0 Å². The Balaban J connectivity index is 0.00000108. The molecule has 3 rings (SSSR count). The first-order chi connectivity index (χ1) is 7.75. The molecule has 0 aliphatic rings. The molecule has 0 N–H and O–H groups in total. The molecule has 0 aliphatic heterocycles. The maximum Gasteiger partial charge on any atom is 0.214 e. The first kappa shape index (κ1) is 12.1. The molecular weight excluding hydrogens is 274 g/mol. The van der Waals surface area contributed by atoms with Gasteiger partial charge in [-0.25, -0.2) is 0 Å². The molecule has 0 aliphatic carbocycles. The van der Waals surface area contributed by atoms with E-state index in [1.54, 1.807) is 0 Å². The van der Waals surface area contributed by atoms with Crippen molar-refractivity contribution in [1.82, 2.24) is 0 Å². The number of pyridine rings is 2. The number of hydrogen-bond donors (Lipinski definition) is 0. The van der Waals surface area contributed by atoms with Crippen molar-refractivity contribution in [2.24, 2.45) is 0 Å². The lowest BCUT2D eigenvalue weighted by Gasteiger charge is -2.02. The summed E-state index contributed by atoms with van der Waals surface area (Å²) in [4.78, 5) is 0. The van der Waals surface area contributed by atoms with Crippen LogP contribution in [0, 0.1) is 13.8 Å². The zero-order valence-corrected chi connectivity index (χ0v) is 11.5. The minimum absolute atomic E-state index is 0. The van der Waals surface area contributed by atoms with Crippen LogP contribution in [0.4, 0.5) is 0 Å². The number of rotatable bonds is 0. The van der Waals surface area contributed by atoms with Crippen LogP contribution in [-0.4, -0.2) is 0 Å². The maximum atomic E-state index is 2.26. The van der Waals surface area contributed by atoms with E-state index in [-0.39, 0.29) is 17.0 Å². The summed E-state index contributed by atoms with van der Waals surface area (Å²) in [7, 11) is 0. The van der Waals surface area contributed by atoms with E-state index in [0.29, 0.717) is 0 Å². The lowest BCUT2D eigenvalue weighted by molar-refractivity contribution is -0.510. The predicted octanol–water partition coefficient (Wildman–Crippen LogP) is 0.199. The fraction of sp³-hybridized carbons (Fsp3) is 0.133. The van der Waals surface area contributed by atoms with E-state index in [9.17, 15) is 0 Å². The largest absolute Gasteiger partial charge is 1.00 e. The van der Waals surface area contributed by atoms with Gasteiger partial charge in [-0.1, -0.05) is 17.7 Å². The molecular formula is C15H14BrN. The summed E-state index contributed by atoms with van der Waals surface area (Å²) in [6, 6.07) is 12.9. The summed E-state index contributed by atoms with van der Waals surface area (Å²) in [5.41, 5.74) is 3.94. The number of aromatic nitrogens is 1. The Labute approximate surface area is 111 Å². The molecule has 0 unspecified atom stereocenters. The second-order valence-electron chi connectivity index (χ2n) is 4.34. The number of benzene rings is 1. The van der Waals surface area contributed by atoms with Gasteiger partial charge in [0.25, 0.3) is 0 Å². The highest BCUT2D eigenvalue weighted by molar-refractivity contribution is 5.88. The molecule has 17 heavy (non-hydrogen) atoms. The normalized spacial score (nSPS) is 10.5. The molecule has 0 saturated carbocycles. The molecule has 0 fully saturated rings. The van der Waals surface area contributed by atoms with Gasteiger partial charge in [-0.15, -0.1) is 0 Å². The number of aryl methyl sites for hydroxylation is 2. The predicted molar refractivity (Wildman–Crippen MR) is 66.6 cm³/mol. The summed E-state index contributed by atoms with van der Waals surface area (Å²) >= 11 is 0. The molecule has 0 spiro atoms. The van der Waals surface area contributed by atoms with E-state index in [2.05, 4.69) is 67.0 Å². The number of nitrogens with zero attached hydrogens (tertiary/aromatic N) is 1. The summed E-state index contributed by atoms with van der Waals surface area (Å²) < 4.78 is 2.19. The molecule has 86 valence electrons. The van der Waals surface area contributed by atoms with Gasteiger partial charge in [0.15, 0.2) is 12.4 Å². The van der Waals surface area contributed by atoms with Crippen molar-refractivity contribution < 1.29 is 21.4 Å². The van der Waals surface area contributed by atoms with Gasteiger partial charge < -0.3 is 17.0 Å². The molecule has 0 saturated heterocycles. The van der Waals surface area contributed by atoms with Crippen molar-refractivity contribution in [3.8, 4) is 0 Å². The van der Waals surface area contributed by atoms with E-state index in [0.717, 1.165) is 0 Å². The highest BCUT2D eigenvalue weighted by atomic mass is 79.9. The van der Waals surface area contributed by atoms with Crippen LogP contribution in [0.25, 0.3) is 16.3 Å². The monoisotopic (exact) mass is 287 g/mol. The van der Waals surface area contributed by atoms with Crippen molar-refractivity contribution in [3.63, 3.8) is 0 Å². The second kappa shape index (κ2) is 4.46. The summed E-state index contributed by atoms with van der Waals surface area (Å²) in [5.74, 6) is 0. The van der Waals surface area contributed by atoms with E-state index in [1.165, 1.54) is 27.4 Å². The summed E-state index contributed by atoms with van der Waals surface area (Å²) in [6.07, 6.45) is 4.29. The van der Waals surface area contributed by atoms with Crippen LogP contribution in [0.15, 0.2) is 48.8 Å². The van der Waals surface area contributed by atoms with E-state index >= 15 is 0 Å². The minimum atomic E-state index is 0. The highest BCUT2D eigenvalue weighted by Gasteiger charge is 2.09. The SMILES string of the molecule is Cc1ccc2c[n+]3ccccc3c(C)c2c1.[Br-]. The van der Waals surface area contributed by atoms with Crippen molar-refractivity contribution in [1.29, 1.82) is 0 Å². The third kappa shape index (κ3) is 1.93. The molecule has 2 aromatic heterocycles. The molecule has 2 heterocycles. The number of hydrogen-bond acceptors (Lipinski definition) is 0. The van der Waals surface area contributed by atoms with Gasteiger partial charge in [-0.05, 0) is 31.4 Å². The number of fused-ring (bicyclic) bond motifs is 2. The Hall–Kier alpha value is -1.41. The van der Waals surface area contributed by atoms with E-state index < -0.39 is 0 Å². The van der Waals surface area contributed by atoms with Gasteiger partial charge in [0.2, 0.25) is 5.52 Å². The first-order valence-corrected chi connectivity index (χ1v) is 5.56. The van der Waals surface area contributed by atoms with E-state index in [1.807, 2.05) is 0 Å². The molecule has 0 bridgehead atoms. The van der Waals surface area contributed by atoms with Crippen molar-refractivity contribution in [2.45, 2.75) is 13.8 Å². The van der Waals surface area contributed by atoms with Crippen LogP contribution < -0.4 is 21.4 Å². The lowest BCUT2D eigenvalue weighted by atomic mass is 10.0. The van der Waals surface area contributed by atoms with Gasteiger partial charge in [0.1, 0.15) is 0 Å². The van der Waals surface area contributed by atoms with Crippen LogP contribution in [-0.2, 0) is 0 Å². The zero-order chi connectivity index (χ0) is 11.1. The molecule has 1 nitrogen and oxygen atoms in total. The Morgan fingerprint density at radius 3 is 2.65 bits per heavy atom. The average molecular weight is 288 g/mol. The van der Waals surface area contributed by atoms with E-state index in [4.69, 9.17) is 0 Å². The second-order valence-corrected chi connectivity index (χ2v) is 4.34. The third-order valence-electron chi connectivity index (χ3n) is 3.17. The lowest BCUT2D eigenvalue weighted by Crippen LogP contribution is -3.00.